The second-order valence-corrected chi connectivity index (χ2v) is 4.97. The molecule has 1 aromatic heterocycles. The van der Waals surface area contributed by atoms with E-state index in [4.69, 9.17) is 17.3 Å². The fourth-order valence-corrected chi connectivity index (χ4v) is 2.60. The van der Waals surface area contributed by atoms with E-state index < -0.39 is 11.6 Å². The van der Waals surface area contributed by atoms with Crippen LogP contribution in [0.1, 0.15) is 11.1 Å². The fraction of sp³-hybridized carbons (Fsp3) is 0.231. The number of aromatic nitrogens is 2. The first-order chi connectivity index (χ1) is 9.56. The third kappa shape index (κ3) is 2.16. The molecule has 0 bridgehead atoms. The van der Waals surface area contributed by atoms with Gasteiger partial charge in [0.2, 0.25) is 0 Å². The number of hydrogen-bond donors (Lipinski definition) is 1. The molecule has 104 valence electrons. The van der Waals surface area contributed by atoms with Crippen molar-refractivity contribution < 1.29 is 8.78 Å². The normalized spacial score (nSPS) is 14.2. The van der Waals surface area contributed by atoms with Crippen molar-refractivity contribution >= 4 is 23.2 Å². The van der Waals surface area contributed by atoms with Crippen LogP contribution >= 0.6 is 11.6 Å². The van der Waals surface area contributed by atoms with Gasteiger partial charge in [-0.3, -0.25) is 0 Å². The summed E-state index contributed by atoms with van der Waals surface area (Å²) >= 11 is 6.08. The lowest BCUT2D eigenvalue weighted by molar-refractivity contribution is 0.555. The van der Waals surface area contributed by atoms with E-state index in [1.54, 1.807) is 0 Å². The standard InChI is InChI=1S/C13H11ClF2N4/c14-11-12(17)18-6-19-13(11)20-2-1-9-7(5-20)3-8(15)4-10(9)16/h3-4,6H,1-2,5H2,(H2,17,18,19). The predicted molar refractivity (Wildman–Crippen MR) is 72.6 cm³/mol. The number of nitrogens with zero attached hydrogens (tertiary/aromatic N) is 3. The van der Waals surface area contributed by atoms with Crippen LogP contribution in [0.25, 0.3) is 0 Å². The zero-order valence-corrected chi connectivity index (χ0v) is 11.2. The van der Waals surface area contributed by atoms with E-state index in [0.717, 1.165) is 6.07 Å². The van der Waals surface area contributed by atoms with Crippen LogP contribution in [-0.4, -0.2) is 16.5 Å². The van der Waals surface area contributed by atoms with Crippen molar-refractivity contribution in [3.05, 3.63) is 46.2 Å². The number of hydrogen-bond acceptors (Lipinski definition) is 4. The molecular weight excluding hydrogens is 286 g/mol. The van der Waals surface area contributed by atoms with Crippen LogP contribution in [-0.2, 0) is 13.0 Å². The molecule has 20 heavy (non-hydrogen) atoms. The van der Waals surface area contributed by atoms with Crippen LogP contribution in [0.3, 0.4) is 0 Å². The minimum atomic E-state index is -0.587. The van der Waals surface area contributed by atoms with Crippen molar-refractivity contribution in [1.82, 2.24) is 9.97 Å². The second-order valence-electron chi connectivity index (χ2n) is 4.59. The topological polar surface area (TPSA) is 55.0 Å². The van der Waals surface area contributed by atoms with Crippen LogP contribution in [0.2, 0.25) is 5.02 Å². The van der Waals surface area contributed by atoms with Gasteiger partial charge in [0.05, 0.1) is 0 Å². The molecule has 0 unspecified atom stereocenters. The quantitative estimate of drug-likeness (QED) is 0.879. The van der Waals surface area contributed by atoms with Crippen LogP contribution in [0.15, 0.2) is 18.5 Å². The van der Waals surface area contributed by atoms with Crippen LogP contribution in [0.5, 0.6) is 0 Å². The SMILES string of the molecule is Nc1ncnc(N2CCc3c(F)cc(F)cc3C2)c1Cl. The molecule has 0 saturated carbocycles. The molecule has 7 heteroatoms. The molecule has 0 saturated heterocycles. The summed E-state index contributed by atoms with van der Waals surface area (Å²) in [6, 6.07) is 2.24. The average Bonchev–Trinajstić information content (AvgIpc) is 2.41. The van der Waals surface area contributed by atoms with Gasteiger partial charge in [-0.25, -0.2) is 18.7 Å². The lowest BCUT2D eigenvalue weighted by atomic mass is 9.99. The number of nitrogen functional groups attached to an aromatic ring is 1. The summed E-state index contributed by atoms with van der Waals surface area (Å²) < 4.78 is 27.0. The second kappa shape index (κ2) is 4.86. The highest BCUT2D eigenvalue weighted by atomic mass is 35.5. The van der Waals surface area contributed by atoms with E-state index in [1.165, 1.54) is 12.4 Å². The first-order valence-corrected chi connectivity index (χ1v) is 6.42. The summed E-state index contributed by atoms with van der Waals surface area (Å²) in [6.45, 7) is 0.867. The molecule has 1 aromatic carbocycles. The lowest BCUT2D eigenvalue weighted by Crippen LogP contribution is -2.32. The Morgan fingerprint density at radius 2 is 2.05 bits per heavy atom. The Labute approximate surface area is 119 Å². The van der Waals surface area contributed by atoms with Gasteiger partial charge in [0, 0.05) is 19.2 Å². The van der Waals surface area contributed by atoms with Gasteiger partial charge in [0.15, 0.2) is 5.82 Å². The number of nitrogens with two attached hydrogens (primary N) is 1. The third-order valence-corrected chi connectivity index (χ3v) is 3.71. The molecule has 0 atom stereocenters. The van der Waals surface area contributed by atoms with Crippen molar-refractivity contribution in [3.63, 3.8) is 0 Å². The van der Waals surface area contributed by atoms with Gasteiger partial charge in [-0.15, -0.1) is 0 Å². The van der Waals surface area contributed by atoms with Gasteiger partial charge in [0.1, 0.15) is 28.8 Å². The number of rotatable bonds is 1. The zero-order chi connectivity index (χ0) is 14.3. The van der Waals surface area contributed by atoms with Crippen LogP contribution in [0, 0.1) is 11.6 Å². The van der Waals surface area contributed by atoms with Gasteiger partial charge >= 0.3 is 0 Å². The lowest BCUT2D eigenvalue weighted by Gasteiger charge is -2.30. The van der Waals surface area contributed by atoms with Crippen molar-refractivity contribution in [1.29, 1.82) is 0 Å². The molecule has 3 rings (SSSR count). The largest absolute Gasteiger partial charge is 0.382 e. The highest BCUT2D eigenvalue weighted by Crippen LogP contribution is 2.31. The smallest absolute Gasteiger partial charge is 0.153 e. The number of halogens is 3. The van der Waals surface area contributed by atoms with Crippen molar-refractivity contribution in [2.24, 2.45) is 0 Å². The molecule has 0 radical (unpaired) electrons. The van der Waals surface area contributed by atoms with E-state index in [2.05, 4.69) is 9.97 Å². The van der Waals surface area contributed by atoms with Gasteiger partial charge in [-0.05, 0) is 23.6 Å². The summed E-state index contributed by atoms with van der Waals surface area (Å²) in [4.78, 5) is 9.73. The van der Waals surface area contributed by atoms with Crippen molar-refractivity contribution in [2.45, 2.75) is 13.0 Å². The first kappa shape index (κ1) is 13.1. The van der Waals surface area contributed by atoms with Gasteiger partial charge in [-0.1, -0.05) is 11.6 Å². The summed E-state index contributed by atoms with van der Waals surface area (Å²) in [5, 5.41) is 0.257. The Morgan fingerprint density at radius 1 is 1.25 bits per heavy atom. The molecule has 1 aliphatic heterocycles. The summed E-state index contributed by atoms with van der Waals surface area (Å²) in [5.41, 5.74) is 6.78. The molecule has 0 spiro atoms. The predicted octanol–water partition coefficient (Wildman–Crippen LogP) is 2.55. The van der Waals surface area contributed by atoms with E-state index in [9.17, 15) is 8.78 Å². The van der Waals surface area contributed by atoms with E-state index in [1.807, 2.05) is 4.90 Å². The minimum Gasteiger partial charge on any atom is -0.382 e. The molecule has 2 N–H and O–H groups in total. The summed E-state index contributed by atoms with van der Waals surface area (Å²) in [5.74, 6) is -0.424. The fourth-order valence-electron chi connectivity index (χ4n) is 2.38. The van der Waals surface area contributed by atoms with E-state index >= 15 is 0 Å². The van der Waals surface area contributed by atoms with E-state index in [0.29, 0.717) is 36.5 Å². The van der Waals surface area contributed by atoms with E-state index in [-0.39, 0.29) is 10.8 Å². The maximum atomic E-state index is 13.7. The average molecular weight is 297 g/mol. The highest BCUT2D eigenvalue weighted by Gasteiger charge is 2.23. The Bertz CT molecular complexity index is 678. The van der Waals surface area contributed by atoms with Crippen molar-refractivity contribution in [3.8, 4) is 0 Å². The summed E-state index contributed by atoms with van der Waals surface area (Å²) in [6.07, 6.45) is 1.78. The molecular formula is C13H11ClF2N4. The molecule has 1 aliphatic rings. The Balaban J connectivity index is 1.98. The monoisotopic (exact) mass is 296 g/mol. The minimum absolute atomic E-state index is 0.188. The zero-order valence-electron chi connectivity index (χ0n) is 10.4. The Morgan fingerprint density at radius 3 is 2.85 bits per heavy atom. The van der Waals surface area contributed by atoms with Gasteiger partial charge < -0.3 is 10.6 Å². The van der Waals surface area contributed by atoms with Gasteiger partial charge in [-0.2, -0.15) is 0 Å². The molecule has 0 fully saturated rings. The molecule has 4 nitrogen and oxygen atoms in total. The third-order valence-electron chi connectivity index (χ3n) is 3.34. The van der Waals surface area contributed by atoms with Crippen LogP contribution < -0.4 is 10.6 Å². The first-order valence-electron chi connectivity index (χ1n) is 6.04. The molecule has 2 heterocycles. The summed E-state index contributed by atoms with van der Waals surface area (Å²) in [7, 11) is 0. The van der Waals surface area contributed by atoms with Gasteiger partial charge in [0.25, 0.3) is 0 Å². The maximum Gasteiger partial charge on any atom is 0.153 e. The molecule has 0 amide bonds. The number of fused-ring (bicyclic) bond motifs is 1. The Hall–Kier alpha value is -1.95. The highest BCUT2D eigenvalue weighted by molar-refractivity contribution is 6.35. The number of benzene rings is 1. The van der Waals surface area contributed by atoms with Crippen molar-refractivity contribution in [2.75, 3.05) is 17.2 Å². The Kier molecular flexibility index (Phi) is 3.17. The molecule has 0 aliphatic carbocycles. The van der Waals surface area contributed by atoms with Crippen LogP contribution in [0.4, 0.5) is 20.4 Å². The molecule has 2 aromatic rings. The maximum absolute atomic E-state index is 13.7. The number of anilines is 2.